The maximum Gasteiger partial charge on any atom is 0.335 e. The van der Waals surface area contributed by atoms with Crippen LogP contribution in [-0.4, -0.2) is 21.9 Å². The molecular weight excluding hydrogens is 286 g/mol. The average Bonchev–Trinajstić information content (AvgIpc) is 3.01. The molecule has 21 heavy (non-hydrogen) atoms. The van der Waals surface area contributed by atoms with Gasteiger partial charge in [0.25, 0.3) is 5.91 Å². The molecule has 0 spiro atoms. The predicted molar refractivity (Wildman–Crippen MR) is 80.8 cm³/mol. The quantitative estimate of drug-likeness (QED) is 0.926. The number of carboxylic acid groups (broad SMARTS) is 1. The van der Waals surface area contributed by atoms with Crippen LogP contribution in [0.15, 0.2) is 24.3 Å². The second kappa shape index (κ2) is 5.00. The Hall–Kier alpha value is -2.14. The van der Waals surface area contributed by atoms with Gasteiger partial charge in [0.2, 0.25) is 0 Å². The minimum absolute atomic E-state index is 0.0178. The highest BCUT2D eigenvalue weighted by Crippen LogP contribution is 2.28. The molecule has 0 unspecified atom stereocenters. The first-order valence-corrected chi connectivity index (χ1v) is 7.49. The van der Waals surface area contributed by atoms with Gasteiger partial charge in [-0.25, -0.2) is 4.79 Å². The van der Waals surface area contributed by atoms with Crippen LogP contribution < -0.4 is 0 Å². The van der Waals surface area contributed by atoms with Crippen LogP contribution in [0.2, 0.25) is 0 Å². The zero-order valence-corrected chi connectivity index (χ0v) is 12.7. The van der Waals surface area contributed by atoms with Crippen molar-refractivity contribution in [2.24, 2.45) is 0 Å². The first-order chi connectivity index (χ1) is 9.95. The summed E-state index contributed by atoms with van der Waals surface area (Å²) in [6, 6.07) is 6.98. The molecule has 5 heteroatoms. The highest BCUT2D eigenvalue weighted by Gasteiger charge is 2.26. The highest BCUT2D eigenvalue weighted by atomic mass is 32.1. The summed E-state index contributed by atoms with van der Waals surface area (Å²) in [7, 11) is 0. The number of amides is 1. The molecule has 1 aromatic carbocycles. The Bertz CT molecular complexity index is 728. The number of thiophene rings is 1. The number of carboxylic acids is 1. The summed E-state index contributed by atoms with van der Waals surface area (Å²) in [5.74, 6) is -0.920. The number of carbonyl (C=O) groups is 2. The Morgan fingerprint density at radius 1 is 1.14 bits per heavy atom. The Kier molecular flexibility index (Phi) is 3.29. The molecule has 0 saturated heterocycles. The molecular formula is C16H15NO3S. The number of carbonyl (C=O) groups excluding carboxylic acids is 1. The summed E-state index contributed by atoms with van der Waals surface area (Å²) in [5, 5.41) is 9.02. The van der Waals surface area contributed by atoms with Crippen LogP contribution in [0.4, 0.5) is 0 Å². The number of fused-ring (bicyclic) bond motifs is 1. The summed E-state index contributed by atoms with van der Waals surface area (Å²) in [6.07, 6.45) is 0. The van der Waals surface area contributed by atoms with Gasteiger partial charge in [-0.3, -0.25) is 4.79 Å². The van der Waals surface area contributed by atoms with E-state index >= 15 is 0 Å². The molecule has 0 atom stereocenters. The van der Waals surface area contributed by atoms with Crippen molar-refractivity contribution < 1.29 is 14.7 Å². The lowest BCUT2D eigenvalue weighted by molar-refractivity contribution is 0.0696. The third-order valence-electron chi connectivity index (χ3n) is 3.84. The lowest BCUT2D eigenvalue weighted by Crippen LogP contribution is -2.24. The molecule has 0 fully saturated rings. The SMILES string of the molecule is Cc1cc(C(=O)N2Cc3ccc(C(=O)O)cc3C2)sc1C. The molecule has 0 aliphatic carbocycles. The number of hydrogen-bond acceptors (Lipinski definition) is 3. The first-order valence-electron chi connectivity index (χ1n) is 6.67. The number of hydrogen-bond donors (Lipinski definition) is 1. The van der Waals surface area contributed by atoms with Crippen molar-refractivity contribution in [1.29, 1.82) is 0 Å². The molecule has 1 aromatic heterocycles. The van der Waals surface area contributed by atoms with Crippen molar-refractivity contribution in [3.05, 3.63) is 56.3 Å². The summed E-state index contributed by atoms with van der Waals surface area (Å²) < 4.78 is 0. The fourth-order valence-corrected chi connectivity index (χ4v) is 3.51. The summed E-state index contributed by atoms with van der Waals surface area (Å²) in [4.78, 5) is 27.2. The number of rotatable bonds is 2. The van der Waals surface area contributed by atoms with Gasteiger partial charge in [0.1, 0.15) is 0 Å². The van der Waals surface area contributed by atoms with Gasteiger partial charge in [0.05, 0.1) is 10.4 Å². The summed E-state index contributed by atoms with van der Waals surface area (Å²) >= 11 is 1.51. The van der Waals surface area contributed by atoms with E-state index in [2.05, 4.69) is 0 Å². The largest absolute Gasteiger partial charge is 0.478 e. The number of aromatic carboxylic acids is 1. The van der Waals surface area contributed by atoms with E-state index in [9.17, 15) is 9.59 Å². The number of aryl methyl sites for hydroxylation is 2. The molecule has 1 amide bonds. The summed E-state index contributed by atoms with van der Waals surface area (Å²) in [6.45, 7) is 5.03. The third kappa shape index (κ3) is 2.45. The van der Waals surface area contributed by atoms with Crippen LogP contribution >= 0.6 is 11.3 Å². The van der Waals surface area contributed by atoms with Crippen molar-refractivity contribution in [1.82, 2.24) is 4.90 Å². The van der Waals surface area contributed by atoms with E-state index in [0.29, 0.717) is 13.1 Å². The molecule has 2 heterocycles. The summed E-state index contributed by atoms with van der Waals surface area (Å²) in [5.41, 5.74) is 3.35. The molecule has 2 aromatic rings. The molecule has 0 bridgehead atoms. The van der Waals surface area contributed by atoms with E-state index < -0.39 is 5.97 Å². The van der Waals surface area contributed by atoms with Crippen molar-refractivity contribution in [3.63, 3.8) is 0 Å². The van der Waals surface area contributed by atoms with Crippen LogP contribution in [0, 0.1) is 13.8 Å². The van der Waals surface area contributed by atoms with Gasteiger partial charge >= 0.3 is 5.97 Å². The zero-order chi connectivity index (χ0) is 15.1. The Balaban J connectivity index is 1.84. The average molecular weight is 301 g/mol. The monoisotopic (exact) mass is 301 g/mol. The number of nitrogens with zero attached hydrogens (tertiary/aromatic N) is 1. The Morgan fingerprint density at radius 3 is 2.48 bits per heavy atom. The molecule has 108 valence electrons. The van der Waals surface area contributed by atoms with Crippen molar-refractivity contribution in [3.8, 4) is 0 Å². The Labute approximate surface area is 126 Å². The van der Waals surface area contributed by atoms with Crippen LogP contribution in [0.1, 0.15) is 41.6 Å². The standard InChI is InChI=1S/C16H15NO3S/c1-9-5-14(21-10(9)2)15(18)17-7-12-4-3-11(16(19)20)6-13(12)8-17/h3-6H,7-8H2,1-2H3,(H,19,20). The van der Waals surface area contributed by atoms with Crippen molar-refractivity contribution in [2.75, 3.05) is 0 Å². The second-order valence-electron chi connectivity index (χ2n) is 5.30. The normalized spacial score (nSPS) is 13.3. The predicted octanol–water partition coefficient (Wildman–Crippen LogP) is 3.22. The fourth-order valence-electron chi connectivity index (χ4n) is 2.51. The Morgan fingerprint density at radius 2 is 1.86 bits per heavy atom. The third-order valence-corrected chi connectivity index (χ3v) is 4.98. The van der Waals surface area contributed by atoms with E-state index in [1.807, 2.05) is 19.9 Å². The van der Waals surface area contributed by atoms with E-state index in [4.69, 9.17) is 5.11 Å². The van der Waals surface area contributed by atoms with E-state index in [0.717, 1.165) is 26.4 Å². The van der Waals surface area contributed by atoms with Crippen LogP contribution in [0.3, 0.4) is 0 Å². The van der Waals surface area contributed by atoms with E-state index in [1.54, 1.807) is 23.1 Å². The van der Waals surface area contributed by atoms with Gasteiger partial charge in [-0.2, -0.15) is 0 Å². The second-order valence-corrected chi connectivity index (χ2v) is 6.56. The van der Waals surface area contributed by atoms with E-state index in [-0.39, 0.29) is 11.5 Å². The zero-order valence-electron chi connectivity index (χ0n) is 11.8. The van der Waals surface area contributed by atoms with Crippen molar-refractivity contribution >= 4 is 23.2 Å². The highest BCUT2D eigenvalue weighted by molar-refractivity contribution is 7.14. The smallest absolute Gasteiger partial charge is 0.335 e. The molecule has 3 rings (SSSR count). The molecule has 1 aliphatic rings. The van der Waals surface area contributed by atoms with Gasteiger partial charge in [-0.05, 0) is 48.7 Å². The fraction of sp³-hybridized carbons (Fsp3) is 0.250. The number of benzene rings is 1. The molecule has 1 N–H and O–H groups in total. The van der Waals surface area contributed by atoms with E-state index in [1.165, 1.54) is 11.3 Å². The van der Waals surface area contributed by atoms with Gasteiger partial charge in [0.15, 0.2) is 0 Å². The molecule has 1 aliphatic heterocycles. The molecule has 4 nitrogen and oxygen atoms in total. The van der Waals surface area contributed by atoms with Gasteiger partial charge in [-0.1, -0.05) is 6.07 Å². The van der Waals surface area contributed by atoms with Crippen LogP contribution in [-0.2, 0) is 13.1 Å². The minimum atomic E-state index is -0.938. The lowest BCUT2D eigenvalue weighted by Gasteiger charge is -2.13. The maximum absolute atomic E-state index is 12.5. The van der Waals surface area contributed by atoms with Crippen LogP contribution in [0.25, 0.3) is 0 Å². The first kappa shape index (κ1) is 13.8. The minimum Gasteiger partial charge on any atom is -0.478 e. The van der Waals surface area contributed by atoms with Crippen molar-refractivity contribution in [2.45, 2.75) is 26.9 Å². The topological polar surface area (TPSA) is 57.6 Å². The molecule has 0 saturated carbocycles. The van der Waals surface area contributed by atoms with Gasteiger partial charge < -0.3 is 10.0 Å². The van der Waals surface area contributed by atoms with Crippen LogP contribution in [0.5, 0.6) is 0 Å². The van der Waals surface area contributed by atoms with Gasteiger partial charge in [0, 0.05) is 18.0 Å². The molecule has 0 radical (unpaired) electrons. The van der Waals surface area contributed by atoms with Gasteiger partial charge in [-0.15, -0.1) is 11.3 Å². The maximum atomic E-state index is 12.5. The lowest BCUT2D eigenvalue weighted by atomic mass is 10.1.